The smallest absolute Gasteiger partial charge is 0.277 e. The molecule has 118 valence electrons. The highest BCUT2D eigenvalue weighted by Gasteiger charge is 2.04. The Morgan fingerprint density at radius 2 is 2.04 bits per heavy atom. The molecule has 0 aliphatic rings. The number of ether oxygens (including phenoxy) is 1. The number of benzene rings is 2. The maximum atomic E-state index is 11.6. The highest BCUT2D eigenvalue weighted by Crippen LogP contribution is 2.13. The number of non-ortho nitro benzene ring substituents is 1. The lowest BCUT2D eigenvalue weighted by molar-refractivity contribution is -0.384. The van der Waals surface area contributed by atoms with E-state index in [-0.39, 0.29) is 12.3 Å². The van der Waals surface area contributed by atoms with E-state index in [1.807, 2.05) is 12.1 Å². The van der Waals surface area contributed by atoms with Gasteiger partial charge < -0.3 is 4.74 Å². The van der Waals surface area contributed by atoms with Crippen molar-refractivity contribution in [3.8, 4) is 5.75 Å². The van der Waals surface area contributed by atoms with Gasteiger partial charge in [-0.3, -0.25) is 14.9 Å². The van der Waals surface area contributed by atoms with Crippen LogP contribution >= 0.6 is 22.6 Å². The molecular formula is C15H12IN3O4. The largest absolute Gasteiger partial charge is 0.484 e. The minimum atomic E-state index is -0.495. The minimum absolute atomic E-state index is 0.0395. The van der Waals surface area contributed by atoms with Gasteiger partial charge in [-0.25, -0.2) is 5.43 Å². The number of nitro benzene ring substituents is 1. The molecule has 0 aromatic heterocycles. The van der Waals surface area contributed by atoms with E-state index < -0.39 is 10.8 Å². The zero-order valence-corrected chi connectivity index (χ0v) is 14.0. The van der Waals surface area contributed by atoms with Gasteiger partial charge in [-0.2, -0.15) is 5.10 Å². The van der Waals surface area contributed by atoms with Crippen LogP contribution in [0.3, 0.4) is 0 Å². The Balaban J connectivity index is 1.83. The maximum absolute atomic E-state index is 11.6. The van der Waals surface area contributed by atoms with Gasteiger partial charge in [-0.15, -0.1) is 0 Å². The lowest BCUT2D eigenvalue weighted by atomic mass is 10.2. The third-order valence-electron chi connectivity index (χ3n) is 2.67. The van der Waals surface area contributed by atoms with Crippen molar-refractivity contribution in [2.24, 2.45) is 5.10 Å². The van der Waals surface area contributed by atoms with Gasteiger partial charge in [0.15, 0.2) is 6.61 Å². The molecule has 8 heteroatoms. The first-order valence-corrected chi connectivity index (χ1v) is 7.57. The topological polar surface area (TPSA) is 93.8 Å². The number of hydrogen-bond donors (Lipinski definition) is 1. The summed E-state index contributed by atoms with van der Waals surface area (Å²) in [5.41, 5.74) is 2.77. The fraction of sp³-hybridized carbons (Fsp3) is 0.0667. The molecule has 2 aromatic rings. The van der Waals surface area contributed by atoms with Gasteiger partial charge in [0.1, 0.15) is 5.75 Å². The van der Waals surface area contributed by atoms with Crippen LogP contribution in [0.2, 0.25) is 0 Å². The Labute approximate surface area is 145 Å². The molecule has 0 spiro atoms. The molecule has 2 rings (SSSR count). The summed E-state index contributed by atoms with van der Waals surface area (Å²) in [5, 5.41) is 14.4. The molecule has 0 unspecified atom stereocenters. The first kappa shape index (κ1) is 16.9. The molecule has 23 heavy (non-hydrogen) atoms. The highest BCUT2D eigenvalue weighted by molar-refractivity contribution is 14.1. The van der Waals surface area contributed by atoms with Gasteiger partial charge in [0, 0.05) is 21.3 Å². The van der Waals surface area contributed by atoms with Crippen molar-refractivity contribution in [2.45, 2.75) is 0 Å². The fourth-order valence-electron chi connectivity index (χ4n) is 1.61. The van der Waals surface area contributed by atoms with Gasteiger partial charge in [0.25, 0.3) is 11.6 Å². The number of nitrogens with one attached hydrogen (secondary N) is 1. The standard InChI is InChI=1S/C15H12IN3O4/c16-12-4-6-14(7-5-12)23-10-15(20)18-17-9-11-2-1-3-13(8-11)19(21)22/h1-9H,10H2,(H,18,20). The monoisotopic (exact) mass is 425 g/mol. The molecule has 0 saturated heterocycles. The highest BCUT2D eigenvalue weighted by atomic mass is 127. The molecule has 0 saturated carbocycles. The summed E-state index contributed by atoms with van der Waals surface area (Å²) < 4.78 is 6.37. The summed E-state index contributed by atoms with van der Waals surface area (Å²) in [6, 6.07) is 13.2. The zero-order chi connectivity index (χ0) is 16.7. The van der Waals surface area contributed by atoms with Crippen molar-refractivity contribution in [2.75, 3.05) is 6.61 Å². The summed E-state index contributed by atoms with van der Waals surface area (Å²) in [7, 11) is 0. The Hall–Kier alpha value is -2.49. The van der Waals surface area contributed by atoms with Crippen molar-refractivity contribution < 1.29 is 14.5 Å². The molecular weight excluding hydrogens is 413 g/mol. The third kappa shape index (κ3) is 5.66. The van der Waals surface area contributed by atoms with E-state index in [0.29, 0.717) is 11.3 Å². The van der Waals surface area contributed by atoms with Crippen LogP contribution in [-0.4, -0.2) is 23.7 Å². The van der Waals surface area contributed by atoms with Crippen LogP contribution in [-0.2, 0) is 4.79 Å². The second kappa shape index (κ2) is 8.22. The number of hydrazone groups is 1. The number of halogens is 1. The second-order valence-corrected chi connectivity index (χ2v) is 5.63. The van der Waals surface area contributed by atoms with Gasteiger partial charge in [-0.1, -0.05) is 12.1 Å². The van der Waals surface area contributed by atoms with E-state index in [4.69, 9.17) is 4.74 Å². The fourth-order valence-corrected chi connectivity index (χ4v) is 1.97. The number of hydrogen-bond acceptors (Lipinski definition) is 5. The van der Waals surface area contributed by atoms with Crippen molar-refractivity contribution in [1.29, 1.82) is 0 Å². The summed E-state index contributed by atoms with van der Waals surface area (Å²) in [5.74, 6) is 0.161. The van der Waals surface area contributed by atoms with Gasteiger partial charge >= 0.3 is 0 Å². The Morgan fingerprint density at radius 1 is 1.30 bits per heavy atom. The predicted molar refractivity (Wildman–Crippen MR) is 93.5 cm³/mol. The molecule has 2 aromatic carbocycles. The lowest BCUT2D eigenvalue weighted by Gasteiger charge is -2.04. The normalized spacial score (nSPS) is 10.5. The van der Waals surface area contributed by atoms with Gasteiger partial charge in [0.2, 0.25) is 0 Å². The lowest BCUT2D eigenvalue weighted by Crippen LogP contribution is -2.24. The van der Waals surface area contributed by atoms with Crippen LogP contribution in [0.1, 0.15) is 5.56 Å². The van der Waals surface area contributed by atoms with Crippen LogP contribution < -0.4 is 10.2 Å². The Morgan fingerprint density at radius 3 is 2.74 bits per heavy atom. The van der Waals surface area contributed by atoms with Gasteiger partial charge in [-0.05, 0) is 46.9 Å². The van der Waals surface area contributed by atoms with E-state index in [2.05, 4.69) is 33.1 Å². The number of carbonyl (C=O) groups is 1. The van der Waals surface area contributed by atoms with Crippen molar-refractivity contribution in [3.63, 3.8) is 0 Å². The second-order valence-electron chi connectivity index (χ2n) is 4.39. The molecule has 0 atom stereocenters. The molecule has 0 fully saturated rings. The van der Waals surface area contributed by atoms with E-state index in [0.717, 1.165) is 3.57 Å². The third-order valence-corrected chi connectivity index (χ3v) is 3.39. The van der Waals surface area contributed by atoms with E-state index in [9.17, 15) is 14.9 Å². The summed E-state index contributed by atoms with van der Waals surface area (Å²) >= 11 is 2.17. The average Bonchev–Trinajstić information content (AvgIpc) is 2.54. The Kier molecular flexibility index (Phi) is 6.03. The summed E-state index contributed by atoms with van der Waals surface area (Å²) in [4.78, 5) is 21.7. The minimum Gasteiger partial charge on any atom is -0.484 e. The molecule has 0 aliphatic carbocycles. The molecule has 1 amide bonds. The zero-order valence-electron chi connectivity index (χ0n) is 11.8. The number of amides is 1. The van der Waals surface area contributed by atoms with E-state index >= 15 is 0 Å². The van der Waals surface area contributed by atoms with Crippen molar-refractivity contribution in [1.82, 2.24) is 5.43 Å². The molecule has 0 aliphatic heterocycles. The molecule has 7 nitrogen and oxygen atoms in total. The van der Waals surface area contributed by atoms with Crippen molar-refractivity contribution >= 4 is 40.4 Å². The van der Waals surface area contributed by atoms with Crippen molar-refractivity contribution in [3.05, 3.63) is 67.8 Å². The molecule has 0 heterocycles. The van der Waals surface area contributed by atoms with E-state index in [1.165, 1.54) is 18.3 Å². The van der Waals surface area contributed by atoms with Crippen LogP contribution in [0.15, 0.2) is 53.6 Å². The number of rotatable bonds is 6. The molecule has 0 radical (unpaired) electrons. The number of carbonyl (C=O) groups excluding carboxylic acids is 1. The van der Waals surface area contributed by atoms with Crippen LogP contribution in [0.25, 0.3) is 0 Å². The quantitative estimate of drug-likeness (QED) is 0.333. The maximum Gasteiger partial charge on any atom is 0.277 e. The van der Waals surface area contributed by atoms with Gasteiger partial charge in [0.05, 0.1) is 11.1 Å². The SMILES string of the molecule is O=C(COc1ccc(I)cc1)NN=Cc1cccc([N+](=O)[O-])c1. The first-order valence-electron chi connectivity index (χ1n) is 6.49. The summed E-state index contributed by atoms with van der Waals surface area (Å²) in [6.45, 7) is -0.174. The predicted octanol–water partition coefficient (Wildman–Crippen LogP) is 2.73. The van der Waals surface area contributed by atoms with Crippen LogP contribution in [0.4, 0.5) is 5.69 Å². The van der Waals surface area contributed by atoms with Crippen LogP contribution in [0, 0.1) is 13.7 Å². The number of nitro groups is 1. The first-order chi connectivity index (χ1) is 11.0. The average molecular weight is 425 g/mol. The Bertz CT molecular complexity index is 732. The van der Waals surface area contributed by atoms with Crippen LogP contribution in [0.5, 0.6) is 5.75 Å². The van der Waals surface area contributed by atoms with E-state index in [1.54, 1.807) is 24.3 Å². The molecule has 1 N–H and O–H groups in total. The molecule has 0 bridgehead atoms. The summed E-state index contributed by atoms with van der Waals surface area (Å²) in [6.07, 6.45) is 1.33. The number of nitrogens with zero attached hydrogens (tertiary/aromatic N) is 2.